The zero-order valence-corrected chi connectivity index (χ0v) is 8.58. The fourth-order valence-electron chi connectivity index (χ4n) is 1.53. The van der Waals surface area contributed by atoms with Gasteiger partial charge < -0.3 is 10.3 Å². The summed E-state index contributed by atoms with van der Waals surface area (Å²) >= 11 is 0. The standard InChI is InChI=1S/C10H11N5O/c11-7(6-2-3-6)10-14-9(15-16-10)8-12-4-1-5-13-8/h1,4-7H,2-3,11H2. The van der Waals surface area contributed by atoms with Crippen LogP contribution in [0.2, 0.25) is 0 Å². The summed E-state index contributed by atoms with van der Waals surface area (Å²) in [4.78, 5) is 12.3. The van der Waals surface area contributed by atoms with Gasteiger partial charge in [0.1, 0.15) is 0 Å². The van der Waals surface area contributed by atoms with Crippen LogP contribution in [0, 0.1) is 5.92 Å². The van der Waals surface area contributed by atoms with E-state index in [0.29, 0.717) is 23.5 Å². The summed E-state index contributed by atoms with van der Waals surface area (Å²) in [6.45, 7) is 0. The fourth-order valence-corrected chi connectivity index (χ4v) is 1.53. The third-order valence-electron chi connectivity index (χ3n) is 2.62. The molecule has 3 rings (SSSR count). The molecular weight excluding hydrogens is 206 g/mol. The van der Waals surface area contributed by atoms with Crippen molar-refractivity contribution in [2.24, 2.45) is 11.7 Å². The molecule has 0 spiro atoms. The Kier molecular flexibility index (Phi) is 2.14. The minimum atomic E-state index is -0.148. The first-order valence-corrected chi connectivity index (χ1v) is 5.21. The molecule has 0 radical (unpaired) electrons. The first-order valence-electron chi connectivity index (χ1n) is 5.21. The van der Waals surface area contributed by atoms with Crippen LogP contribution in [-0.2, 0) is 0 Å². The van der Waals surface area contributed by atoms with Crippen LogP contribution >= 0.6 is 0 Å². The van der Waals surface area contributed by atoms with Gasteiger partial charge in [0, 0.05) is 12.4 Å². The molecule has 2 heterocycles. The lowest BCUT2D eigenvalue weighted by Gasteiger charge is -2.01. The second kappa shape index (κ2) is 3.64. The Hall–Kier alpha value is -1.82. The van der Waals surface area contributed by atoms with E-state index in [4.69, 9.17) is 10.3 Å². The van der Waals surface area contributed by atoms with Crippen LogP contribution in [0.5, 0.6) is 0 Å². The molecule has 1 aliphatic rings. The van der Waals surface area contributed by atoms with E-state index in [9.17, 15) is 0 Å². The van der Waals surface area contributed by atoms with Crippen molar-refractivity contribution in [2.75, 3.05) is 0 Å². The largest absolute Gasteiger partial charge is 0.337 e. The number of hydrogen-bond acceptors (Lipinski definition) is 6. The Labute approximate surface area is 91.9 Å². The maximum atomic E-state index is 5.95. The molecule has 1 saturated carbocycles. The molecular formula is C10H11N5O. The number of nitrogens with zero attached hydrogens (tertiary/aromatic N) is 4. The minimum absolute atomic E-state index is 0.148. The van der Waals surface area contributed by atoms with Crippen molar-refractivity contribution in [1.82, 2.24) is 20.1 Å². The maximum Gasteiger partial charge on any atom is 0.244 e. The predicted molar refractivity (Wildman–Crippen MR) is 55.0 cm³/mol. The van der Waals surface area contributed by atoms with Crippen molar-refractivity contribution in [3.63, 3.8) is 0 Å². The molecule has 0 amide bonds. The summed E-state index contributed by atoms with van der Waals surface area (Å²) in [5, 5.41) is 3.83. The molecule has 1 aliphatic carbocycles. The highest BCUT2D eigenvalue weighted by Crippen LogP contribution is 2.38. The highest BCUT2D eigenvalue weighted by Gasteiger charge is 2.33. The van der Waals surface area contributed by atoms with Crippen molar-refractivity contribution >= 4 is 0 Å². The van der Waals surface area contributed by atoms with Crippen LogP contribution in [0.1, 0.15) is 24.8 Å². The maximum absolute atomic E-state index is 5.95. The average Bonchev–Trinajstić information content (AvgIpc) is 3.07. The first kappa shape index (κ1) is 9.41. The lowest BCUT2D eigenvalue weighted by molar-refractivity contribution is 0.343. The van der Waals surface area contributed by atoms with Crippen LogP contribution in [-0.4, -0.2) is 20.1 Å². The Bertz CT molecular complexity index is 479. The quantitative estimate of drug-likeness (QED) is 0.822. The van der Waals surface area contributed by atoms with E-state index in [1.807, 2.05) is 0 Å². The molecule has 0 bridgehead atoms. The SMILES string of the molecule is NC(c1nc(-c2ncccn2)no1)C1CC1. The molecule has 2 aromatic rings. The summed E-state index contributed by atoms with van der Waals surface area (Å²) in [7, 11) is 0. The summed E-state index contributed by atoms with van der Waals surface area (Å²) in [6, 6.07) is 1.59. The first-order chi connectivity index (χ1) is 7.84. The zero-order valence-electron chi connectivity index (χ0n) is 8.58. The van der Waals surface area contributed by atoms with Gasteiger partial charge in [-0.2, -0.15) is 4.98 Å². The van der Waals surface area contributed by atoms with Crippen molar-refractivity contribution in [3.05, 3.63) is 24.4 Å². The highest BCUT2D eigenvalue weighted by atomic mass is 16.5. The normalized spacial score (nSPS) is 17.3. The van der Waals surface area contributed by atoms with Gasteiger partial charge in [-0.3, -0.25) is 0 Å². The Morgan fingerprint density at radius 3 is 2.69 bits per heavy atom. The van der Waals surface area contributed by atoms with Gasteiger partial charge in [-0.1, -0.05) is 5.16 Å². The second-order valence-corrected chi connectivity index (χ2v) is 3.89. The summed E-state index contributed by atoms with van der Waals surface area (Å²) in [5.74, 6) is 1.82. The molecule has 16 heavy (non-hydrogen) atoms. The molecule has 0 aromatic carbocycles. The molecule has 0 aliphatic heterocycles. The van der Waals surface area contributed by atoms with Gasteiger partial charge in [0.15, 0.2) is 0 Å². The van der Waals surface area contributed by atoms with Crippen molar-refractivity contribution in [2.45, 2.75) is 18.9 Å². The molecule has 2 aromatic heterocycles. The molecule has 82 valence electrons. The van der Waals surface area contributed by atoms with E-state index >= 15 is 0 Å². The third kappa shape index (κ3) is 1.67. The van der Waals surface area contributed by atoms with Crippen LogP contribution in [0.25, 0.3) is 11.6 Å². The van der Waals surface area contributed by atoms with E-state index in [-0.39, 0.29) is 6.04 Å². The smallest absolute Gasteiger partial charge is 0.244 e. The highest BCUT2D eigenvalue weighted by molar-refractivity contribution is 5.40. The molecule has 1 unspecified atom stereocenters. The molecule has 1 atom stereocenters. The topological polar surface area (TPSA) is 90.7 Å². The second-order valence-electron chi connectivity index (χ2n) is 3.89. The monoisotopic (exact) mass is 217 g/mol. The van der Waals surface area contributed by atoms with Crippen LogP contribution in [0.15, 0.2) is 23.0 Å². The summed E-state index contributed by atoms with van der Waals surface area (Å²) < 4.78 is 5.12. The van der Waals surface area contributed by atoms with Gasteiger partial charge >= 0.3 is 0 Å². The van der Waals surface area contributed by atoms with Gasteiger partial charge in [-0.05, 0) is 24.8 Å². The van der Waals surface area contributed by atoms with Crippen LogP contribution in [0.4, 0.5) is 0 Å². The van der Waals surface area contributed by atoms with Crippen molar-refractivity contribution in [1.29, 1.82) is 0 Å². The Morgan fingerprint density at radius 2 is 2.00 bits per heavy atom. The predicted octanol–water partition coefficient (Wildman–Crippen LogP) is 0.936. The van der Waals surface area contributed by atoms with E-state index in [1.165, 1.54) is 0 Å². The Morgan fingerprint density at radius 1 is 1.25 bits per heavy atom. The number of rotatable bonds is 3. The Balaban J connectivity index is 1.87. The van der Waals surface area contributed by atoms with Crippen molar-refractivity contribution in [3.8, 4) is 11.6 Å². The van der Waals surface area contributed by atoms with E-state index in [0.717, 1.165) is 12.8 Å². The molecule has 0 saturated heterocycles. The van der Waals surface area contributed by atoms with Gasteiger partial charge in [0.2, 0.25) is 17.5 Å². The third-order valence-corrected chi connectivity index (χ3v) is 2.62. The fraction of sp³-hybridized carbons (Fsp3) is 0.400. The van der Waals surface area contributed by atoms with Gasteiger partial charge in [0.25, 0.3) is 0 Å². The number of nitrogens with two attached hydrogens (primary N) is 1. The number of hydrogen-bond donors (Lipinski definition) is 1. The lowest BCUT2D eigenvalue weighted by Crippen LogP contribution is -2.12. The van der Waals surface area contributed by atoms with Crippen LogP contribution in [0.3, 0.4) is 0 Å². The molecule has 1 fully saturated rings. The number of aromatic nitrogens is 4. The zero-order chi connectivity index (χ0) is 11.0. The molecule has 6 heteroatoms. The van der Waals surface area contributed by atoms with E-state index < -0.39 is 0 Å². The van der Waals surface area contributed by atoms with E-state index in [2.05, 4.69) is 20.1 Å². The van der Waals surface area contributed by atoms with E-state index in [1.54, 1.807) is 18.5 Å². The minimum Gasteiger partial charge on any atom is -0.337 e. The lowest BCUT2D eigenvalue weighted by atomic mass is 10.2. The van der Waals surface area contributed by atoms with Gasteiger partial charge in [-0.15, -0.1) is 0 Å². The van der Waals surface area contributed by atoms with Crippen molar-refractivity contribution < 1.29 is 4.52 Å². The van der Waals surface area contributed by atoms with Gasteiger partial charge in [-0.25, -0.2) is 9.97 Å². The average molecular weight is 217 g/mol. The van der Waals surface area contributed by atoms with Gasteiger partial charge in [0.05, 0.1) is 6.04 Å². The molecule has 2 N–H and O–H groups in total. The summed E-state index contributed by atoms with van der Waals surface area (Å²) in [6.07, 6.45) is 5.56. The molecule has 6 nitrogen and oxygen atoms in total. The van der Waals surface area contributed by atoms with Crippen LogP contribution < -0.4 is 5.73 Å². The summed E-state index contributed by atoms with van der Waals surface area (Å²) in [5.41, 5.74) is 5.95.